The van der Waals surface area contributed by atoms with Gasteiger partial charge in [-0.15, -0.1) is 0 Å². The highest BCUT2D eigenvalue weighted by Crippen LogP contribution is 1.97. The van der Waals surface area contributed by atoms with Crippen LogP contribution in [-0.4, -0.2) is 31.9 Å². The van der Waals surface area contributed by atoms with Crippen LogP contribution in [0.5, 0.6) is 0 Å². The predicted molar refractivity (Wildman–Crippen MR) is 39.5 cm³/mol. The van der Waals surface area contributed by atoms with Crippen molar-refractivity contribution in [2.75, 3.05) is 20.7 Å². The molecule has 10 heavy (non-hydrogen) atoms. The summed E-state index contributed by atoms with van der Waals surface area (Å²) in [5.41, 5.74) is 0. The number of ether oxygens (including phenoxy) is 1. The first kappa shape index (κ1) is 9.01. The average Bonchev–Trinajstić information content (AvgIpc) is 1.87. The standard InChI is InChI=1S/C7H13NO2/c1-4-10-7(5-6-9)8(2)3/h5-6H,4H2,1-3H3/b7-5+. The van der Waals surface area contributed by atoms with Gasteiger partial charge in [0.2, 0.25) is 0 Å². The Morgan fingerprint density at radius 1 is 1.60 bits per heavy atom. The summed E-state index contributed by atoms with van der Waals surface area (Å²) < 4.78 is 5.10. The maximum atomic E-state index is 10.0. The van der Waals surface area contributed by atoms with Gasteiger partial charge in [0.05, 0.1) is 6.61 Å². The normalized spacial score (nSPS) is 10.9. The molecule has 0 amide bonds. The van der Waals surface area contributed by atoms with Crippen LogP contribution in [0.1, 0.15) is 6.92 Å². The van der Waals surface area contributed by atoms with Gasteiger partial charge in [0.1, 0.15) is 6.29 Å². The maximum absolute atomic E-state index is 10.0. The molecule has 0 unspecified atom stereocenters. The maximum Gasteiger partial charge on any atom is 0.192 e. The second kappa shape index (κ2) is 4.85. The zero-order valence-corrected chi connectivity index (χ0v) is 6.63. The number of carbonyl (C=O) groups excluding carboxylic acids is 1. The lowest BCUT2D eigenvalue weighted by atomic mass is 10.6. The molecular formula is C7H13NO2. The lowest BCUT2D eigenvalue weighted by Gasteiger charge is -2.15. The SMILES string of the molecule is CCO/C(=C/C=O)N(C)C. The van der Waals surface area contributed by atoms with E-state index in [0.717, 1.165) is 0 Å². The first-order valence-electron chi connectivity index (χ1n) is 3.18. The minimum Gasteiger partial charge on any atom is -0.479 e. The molecule has 0 aromatic heterocycles. The van der Waals surface area contributed by atoms with Crippen molar-refractivity contribution in [3.63, 3.8) is 0 Å². The van der Waals surface area contributed by atoms with E-state index in [9.17, 15) is 4.79 Å². The van der Waals surface area contributed by atoms with Crippen molar-refractivity contribution in [2.45, 2.75) is 6.92 Å². The van der Waals surface area contributed by atoms with E-state index in [1.54, 1.807) is 4.90 Å². The fraction of sp³-hybridized carbons (Fsp3) is 0.571. The average molecular weight is 143 g/mol. The summed E-state index contributed by atoms with van der Waals surface area (Å²) in [5.74, 6) is 0.595. The molecule has 0 atom stereocenters. The summed E-state index contributed by atoms with van der Waals surface area (Å²) >= 11 is 0. The molecule has 0 N–H and O–H groups in total. The highest BCUT2D eigenvalue weighted by Gasteiger charge is 1.96. The number of rotatable bonds is 4. The first-order chi connectivity index (χ1) is 4.72. The molecule has 0 radical (unpaired) electrons. The van der Waals surface area contributed by atoms with E-state index in [0.29, 0.717) is 18.8 Å². The third-order valence-electron chi connectivity index (χ3n) is 0.944. The van der Waals surface area contributed by atoms with Gasteiger partial charge in [-0.05, 0) is 6.92 Å². The van der Waals surface area contributed by atoms with Crippen LogP contribution in [0.4, 0.5) is 0 Å². The van der Waals surface area contributed by atoms with Gasteiger partial charge in [-0.3, -0.25) is 4.79 Å². The Morgan fingerprint density at radius 2 is 2.20 bits per heavy atom. The van der Waals surface area contributed by atoms with Crippen LogP contribution in [-0.2, 0) is 9.53 Å². The molecule has 0 aromatic rings. The van der Waals surface area contributed by atoms with E-state index in [1.165, 1.54) is 6.08 Å². The molecule has 0 rings (SSSR count). The van der Waals surface area contributed by atoms with Crippen LogP contribution in [0.25, 0.3) is 0 Å². The quantitative estimate of drug-likeness (QED) is 0.328. The molecule has 0 fully saturated rings. The number of carbonyl (C=O) groups is 1. The molecule has 0 saturated carbocycles. The fourth-order valence-corrected chi connectivity index (χ4v) is 0.532. The largest absolute Gasteiger partial charge is 0.479 e. The second-order valence-electron chi connectivity index (χ2n) is 1.97. The lowest BCUT2D eigenvalue weighted by molar-refractivity contribution is -0.104. The predicted octanol–water partition coefficient (Wildman–Crippen LogP) is 0.625. The Labute approximate surface area is 61.3 Å². The van der Waals surface area contributed by atoms with Crippen LogP contribution >= 0.6 is 0 Å². The minimum absolute atomic E-state index is 0.581. The smallest absolute Gasteiger partial charge is 0.192 e. The molecular weight excluding hydrogens is 130 g/mol. The Balaban J connectivity index is 3.97. The van der Waals surface area contributed by atoms with Gasteiger partial charge in [-0.25, -0.2) is 0 Å². The Hall–Kier alpha value is -0.990. The summed E-state index contributed by atoms with van der Waals surface area (Å²) in [6.07, 6.45) is 2.11. The Morgan fingerprint density at radius 3 is 2.50 bits per heavy atom. The number of allylic oxidation sites excluding steroid dienone is 1. The van der Waals surface area contributed by atoms with Crippen LogP contribution in [0, 0.1) is 0 Å². The van der Waals surface area contributed by atoms with Crippen molar-refractivity contribution < 1.29 is 9.53 Å². The molecule has 0 heterocycles. The molecule has 0 aromatic carbocycles. The van der Waals surface area contributed by atoms with E-state index in [2.05, 4.69) is 0 Å². The highest BCUT2D eigenvalue weighted by molar-refractivity contribution is 5.65. The topological polar surface area (TPSA) is 29.5 Å². The third-order valence-corrected chi connectivity index (χ3v) is 0.944. The molecule has 0 aliphatic heterocycles. The molecule has 0 bridgehead atoms. The molecule has 0 spiro atoms. The molecule has 0 aliphatic carbocycles. The zero-order valence-electron chi connectivity index (χ0n) is 6.63. The zero-order chi connectivity index (χ0) is 7.98. The molecule has 3 nitrogen and oxygen atoms in total. The molecule has 0 aliphatic rings. The molecule has 3 heteroatoms. The first-order valence-corrected chi connectivity index (χ1v) is 3.18. The van der Waals surface area contributed by atoms with Gasteiger partial charge in [0.15, 0.2) is 5.88 Å². The van der Waals surface area contributed by atoms with E-state index in [4.69, 9.17) is 4.74 Å². The fourth-order valence-electron chi connectivity index (χ4n) is 0.532. The Bertz CT molecular complexity index is 130. The van der Waals surface area contributed by atoms with Gasteiger partial charge in [0.25, 0.3) is 0 Å². The third kappa shape index (κ3) is 3.12. The number of aldehydes is 1. The van der Waals surface area contributed by atoms with Gasteiger partial charge in [0, 0.05) is 20.2 Å². The lowest BCUT2D eigenvalue weighted by Crippen LogP contribution is -2.14. The summed E-state index contributed by atoms with van der Waals surface area (Å²) in [7, 11) is 3.65. The van der Waals surface area contributed by atoms with Crippen molar-refractivity contribution in [2.24, 2.45) is 0 Å². The van der Waals surface area contributed by atoms with E-state index >= 15 is 0 Å². The van der Waals surface area contributed by atoms with Gasteiger partial charge in [-0.1, -0.05) is 0 Å². The van der Waals surface area contributed by atoms with Crippen LogP contribution < -0.4 is 0 Å². The highest BCUT2D eigenvalue weighted by atomic mass is 16.5. The van der Waals surface area contributed by atoms with Gasteiger partial charge < -0.3 is 9.64 Å². The summed E-state index contributed by atoms with van der Waals surface area (Å²) in [6, 6.07) is 0. The van der Waals surface area contributed by atoms with E-state index < -0.39 is 0 Å². The van der Waals surface area contributed by atoms with Crippen molar-refractivity contribution in [1.29, 1.82) is 0 Å². The van der Waals surface area contributed by atoms with Crippen LogP contribution in [0.3, 0.4) is 0 Å². The number of hydrogen-bond donors (Lipinski definition) is 0. The Kier molecular flexibility index (Phi) is 4.37. The number of nitrogens with zero attached hydrogens (tertiary/aromatic N) is 1. The monoisotopic (exact) mass is 143 g/mol. The van der Waals surface area contributed by atoms with Gasteiger partial charge in [-0.2, -0.15) is 0 Å². The van der Waals surface area contributed by atoms with E-state index in [-0.39, 0.29) is 0 Å². The summed E-state index contributed by atoms with van der Waals surface area (Å²) in [4.78, 5) is 11.8. The number of hydrogen-bond acceptors (Lipinski definition) is 3. The minimum atomic E-state index is 0.581. The van der Waals surface area contributed by atoms with Crippen molar-refractivity contribution in [1.82, 2.24) is 4.90 Å². The summed E-state index contributed by atoms with van der Waals surface area (Å²) in [6.45, 7) is 2.46. The van der Waals surface area contributed by atoms with Crippen molar-refractivity contribution >= 4 is 6.29 Å². The van der Waals surface area contributed by atoms with Crippen molar-refractivity contribution in [3.8, 4) is 0 Å². The van der Waals surface area contributed by atoms with E-state index in [1.807, 2.05) is 21.0 Å². The molecule has 58 valence electrons. The summed E-state index contributed by atoms with van der Waals surface area (Å²) in [5, 5.41) is 0. The van der Waals surface area contributed by atoms with Crippen LogP contribution in [0.15, 0.2) is 12.0 Å². The van der Waals surface area contributed by atoms with Crippen molar-refractivity contribution in [3.05, 3.63) is 12.0 Å². The second-order valence-corrected chi connectivity index (χ2v) is 1.97. The van der Waals surface area contributed by atoms with Crippen LogP contribution in [0.2, 0.25) is 0 Å². The van der Waals surface area contributed by atoms with Gasteiger partial charge >= 0.3 is 0 Å². The molecule has 0 saturated heterocycles.